The van der Waals surface area contributed by atoms with Crippen LogP contribution in [0.15, 0.2) is 30.3 Å². The number of para-hydroxylation sites is 1. The van der Waals surface area contributed by atoms with Crippen LogP contribution < -0.4 is 4.74 Å². The summed E-state index contributed by atoms with van der Waals surface area (Å²) in [5, 5.41) is 0. The van der Waals surface area contributed by atoms with Crippen LogP contribution in [0.3, 0.4) is 0 Å². The monoisotopic (exact) mass is 238 g/mol. The maximum Gasteiger partial charge on any atom is 0.146 e. The number of fused-ring (bicyclic) bond motifs is 2. The van der Waals surface area contributed by atoms with Crippen molar-refractivity contribution in [1.29, 1.82) is 0 Å². The standard InChI is InChI=1S/C15H14N2O/c1-9-7-8-12-14(10(9)2)17-15-11(16-12)5-4-6-13(15)18-3/h4-8H,1-3H3. The molecule has 0 saturated heterocycles. The van der Waals surface area contributed by atoms with Crippen molar-refractivity contribution in [1.82, 2.24) is 9.97 Å². The number of rotatable bonds is 1. The molecule has 0 fully saturated rings. The summed E-state index contributed by atoms with van der Waals surface area (Å²) < 4.78 is 5.34. The fraction of sp³-hybridized carbons (Fsp3) is 0.200. The first-order valence-corrected chi connectivity index (χ1v) is 5.91. The molecule has 90 valence electrons. The van der Waals surface area contributed by atoms with E-state index in [4.69, 9.17) is 9.72 Å². The van der Waals surface area contributed by atoms with Crippen LogP contribution in [0, 0.1) is 13.8 Å². The maximum atomic E-state index is 5.34. The molecule has 0 saturated carbocycles. The lowest BCUT2D eigenvalue weighted by atomic mass is 10.1. The van der Waals surface area contributed by atoms with E-state index in [0.717, 1.165) is 27.8 Å². The van der Waals surface area contributed by atoms with Gasteiger partial charge >= 0.3 is 0 Å². The van der Waals surface area contributed by atoms with Crippen molar-refractivity contribution in [2.75, 3.05) is 7.11 Å². The molecule has 0 aliphatic heterocycles. The molecular weight excluding hydrogens is 224 g/mol. The fourth-order valence-electron chi connectivity index (χ4n) is 2.14. The number of hydrogen-bond donors (Lipinski definition) is 0. The third-order valence-corrected chi connectivity index (χ3v) is 3.34. The van der Waals surface area contributed by atoms with E-state index in [1.165, 1.54) is 11.1 Å². The zero-order valence-electron chi connectivity index (χ0n) is 10.7. The van der Waals surface area contributed by atoms with Gasteiger partial charge < -0.3 is 4.74 Å². The smallest absolute Gasteiger partial charge is 0.146 e. The predicted molar refractivity (Wildman–Crippen MR) is 73.1 cm³/mol. The van der Waals surface area contributed by atoms with Crippen molar-refractivity contribution >= 4 is 22.1 Å². The Bertz CT molecular complexity index is 750. The molecule has 3 aromatic rings. The molecule has 1 aromatic heterocycles. The lowest BCUT2D eigenvalue weighted by Crippen LogP contribution is -1.94. The molecule has 18 heavy (non-hydrogen) atoms. The number of aromatic nitrogens is 2. The lowest BCUT2D eigenvalue weighted by Gasteiger charge is -2.08. The Morgan fingerprint density at radius 2 is 1.67 bits per heavy atom. The summed E-state index contributed by atoms with van der Waals surface area (Å²) in [4.78, 5) is 9.37. The summed E-state index contributed by atoms with van der Waals surface area (Å²) in [5.74, 6) is 0.766. The van der Waals surface area contributed by atoms with E-state index in [0.29, 0.717) is 0 Å². The van der Waals surface area contributed by atoms with Gasteiger partial charge in [-0.25, -0.2) is 9.97 Å². The summed E-state index contributed by atoms with van der Waals surface area (Å²) in [5.41, 5.74) is 5.97. The highest BCUT2D eigenvalue weighted by atomic mass is 16.5. The topological polar surface area (TPSA) is 35.0 Å². The number of nitrogens with zero attached hydrogens (tertiary/aromatic N) is 2. The van der Waals surface area contributed by atoms with Crippen molar-refractivity contribution in [2.24, 2.45) is 0 Å². The summed E-state index contributed by atoms with van der Waals surface area (Å²) >= 11 is 0. The van der Waals surface area contributed by atoms with Crippen LogP contribution in [-0.2, 0) is 0 Å². The largest absolute Gasteiger partial charge is 0.494 e. The minimum Gasteiger partial charge on any atom is -0.494 e. The van der Waals surface area contributed by atoms with Gasteiger partial charge in [-0.3, -0.25) is 0 Å². The summed E-state index contributed by atoms with van der Waals surface area (Å²) in [6.45, 7) is 4.16. The van der Waals surface area contributed by atoms with Gasteiger partial charge in [0.05, 0.1) is 23.7 Å². The van der Waals surface area contributed by atoms with E-state index in [2.05, 4.69) is 24.9 Å². The van der Waals surface area contributed by atoms with Crippen LogP contribution in [0.2, 0.25) is 0 Å². The van der Waals surface area contributed by atoms with E-state index in [1.54, 1.807) is 7.11 Å². The maximum absolute atomic E-state index is 5.34. The summed E-state index contributed by atoms with van der Waals surface area (Å²) in [7, 11) is 1.66. The van der Waals surface area contributed by atoms with Gasteiger partial charge in [-0.2, -0.15) is 0 Å². The molecule has 0 aliphatic rings. The van der Waals surface area contributed by atoms with Gasteiger partial charge in [0.2, 0.25) is 0 Å². The van der Waals surface area contributed by atoms with Crippen molar-refractivity contribution in [2.45, 2.75) is 13.8 Å². The Kier molecular flexibility index (Phi) is 2.40. The molecule has 0 unspecified atom stereocenters. The van der Waals surface area contributed by atoms with Crippen molar-refractivity contribution in [3.8, 4) is 5.75 Å². The van der Waals surface area contributed by atoms with Gasteiger partial charge in [0.15, 0.2) is 0 Å². The van der Waals surface area contributed by atoms with Gasteiger partial charge in [-0.05, 0) is 43.2 Å². The number of hydrogen-bond acceptors (Lipinski definition) is 3. The van der Waals surface area contributed by atoms with Gasteiger partial charge in [-0.15, -0.1) is 0 Å². The predicted octanol–water partition coefficient (Wildman–Crippen LogP) is 3.41. The normalized spacial score (nSPS) is 11.1. The number of aryl methyl sites for hydroxylation is 2. The molecule has 0 amide bonds. The molecule has 2 aromatic carbocycles. The first kappa shape index (κ1) is 11.0. The van der Waals surface area contributed by atoms with Gasteiger partial charge in [0.1, 0.15) is 11.3 Å². The second-order valence-corrected chi connectivity index (χ2v) is 4.43. The first-order valence-electron chi connectivity index (χ1n) is 5.91. The highest BCUT2D eigenvalue weighted by Gasteiger charge is 2.08. The van der Waals surface area contributed by atoms with Crippen LogP contribution in [0.5, 0.6) is 5.75 Å². The molecule has 3 nitrogen and oxygen atoms in total. The Labute approximate surface area is 105 Å². The average molecular weight is 238 g/mol. The molecule has 0 bridgehead atoms. The molecule has 0 spiro atoms. The SMILES string of the molecule is COc1cccc2nc3ccc(C)c(C)c3nc12. The Morgan fingerprint density at radius 1 is 0.889 bits per heavy atom. The van der Waals surface area contributed by atoms with Crippen molar-refractivity contribution < 1.29 is 4.74 Å². The molecule has 3 heteroatoms. The molecule has 0 atom stereocenters. The number of methoxy groups -OCH3 is 1. The van der Waals surface area contributed by atoms with E-state index >= 15 is 0 Å². The van der Waals surface area contributed by atoms with Gasteiger partial charge in [-0.1, -0.05) is 12.1 Å². The van der Waals surface area contributed by atoms with Crippen LogP contribution >= 0.6 is 0 Å². The van der Waals surface area contributed by atoms with Gasteiger partial charge in [0.25, 0.3) is 0 Å². The summed E-state index contributed by atoms with van der Waals surface area (Å²) in [6.07, 6.45) is 0. The summed E-state index contributed by atoms with van der Waals surface area (Å²) in [6, 6.07) is 9.90. The zero-order chi connectivity index (χ0) is 12.7. The molecule has 1 heterocycles. The second kappa shape index (κ2) is 3.95. The van der Waals surface area contributed by atoms with Crippen LogP contribution in [0.1, 0.15) is 11.1 Å². The quantitative estimate of drug-likeness (QED) is 0.609. The third kappa shape index (κ3) is 1.51. The van der Waals surface area contributed by atoms with E-state index in [1.807, 2.05) is 24.3 Å². The Balaban J connectivity index is 2.48. The van der Waals surface area contributed by atoms with Crippen LogP contribution in [-0.4, -0.2) is 17.1 Å². The molecule has 0 radical (unpaired) electrons. The highest BCUT2D eigenvalue weighted by molar-refractivity contribution is 5.91. The first-order chi connectivity index (χ1) is 8.70. The minimum absolute atomic E-state index is 0.766. The second-order valence-electron chi connectivity index (χ2n) is 4.43. The average Bonchev–Trinajstić information content (AvgIpc) is 2.41. The molecule has 0 aliphatic carbocycles. The number of benzene rings is 2. The lowest BCUT2D eigenvalue weighted by molar-refractivity contribution is 0.419. The molecule has 3 rings (SSSR count). The van der Waals surface area contributed by atoms with Crippen molar-refractivity contribution in [3.05, 3.63) is 41.5 Å². The highest BCUT2D eigenvalue weighted by Crippen LogP contribution is 2.26. The molecular formula is C15H14N2O. The van der Waals surface area contributed by atoms with E-state index in [-0.39, 0.29) is 0 Å². The van der Waals surface area contributed by atoms with Crippen LogP contribution in [0.25, 0.3) is 22.1 Å². The Morgan fingerprint density at radius 3 is 2.44 bits per heavy atom. The Hall–Kier alpha value is -2.16. The van der Waals surface area contributed by atoms with E-state index in [9.17, 15) is 0 Å². The van der Waals surface area contributed by atoms with Gasteiger partial charge in [0, 0.05) is 0 Å². The van der Waals surface area contributed by atoms with E-state index < -0.39 is 0 Å². The zero-order valence-corrected chi connectivity index (χ0v) is 10.7. The minimum atomic E-state index is 0.766. The third-order valence-electron chi connectivity index (χ3n) is 3.34. The van der Waals surface area contributed by atoms with Crippen molar-refractivity contribution in [3.63, 3.8) is 0 Å². The fourth-order valence-corrected chi connectivity index (χ4v) is 2.14. The molecule has 0 N–H and O–H groups in total. The number of ether oxygens (including phenoxy) is 1. The van der Waals surface area contributed by atoms with Crippen LogP contribution in [0.4, 0.5) is 0 Å².